The summed E-state index contributed by atoms with van der Waals surface area (Å²) < 4.78 is 6.75. The average Bonchev–Trinajstić information content (AvgIpc) is 2.78. The van der Waals surface area contributed by atoms with Gasteiger partial charge in [0.25, 0.3) is 0 Å². The molecule has 0 fully saturated rings. The van der Waals surface area contributed by atoms with Crippen LogP contribution in [-0.4, -0.2) is 33.8 Å². The highest BCUT2D eigenvalue weighted by atomic mass is 16.5. The van der Waals surface area contributed by atoms with Crippen molar-refractivity contribution >= 4 is 5.91 Å². The quantitative estimate of drug-likeness (QED) is 0.866. The lowest BCUT2D eigenvalue weighted by Gasteiger charge is -2.16. The van der Waals surface area contributed by atoms with Crippen LogP contribution in [0.15, 0.2) is 29.1 Å². The second-order valence-electron chi connectivity index (χ2n) is 5.71. The molecule has 7 heteroatoms. The van der Waals surface area contributed by atoms with Crippen LogP contribution in [0.1, 0.15) is 24.2 Å². The predicted molar refractivity (Wildman–Crippen MR) is 84.4 cm³/mol. The Morgan fingerprint density at radius 1 is 1.39 bits per heavy atom. The molecule has 1 unspecified atom stereocenters. The third kappa shape index (κ3) is 3.61. The number of carbonyl (C=O) groups is 1. The average molecular weight is 316 g/mol. The van der Waals surface area contributed by atoms with Gasteiger partial charge in [0.1, 0.15) is 11.6 Å². The van der Waals surface area contributed by atoms with Crippen LogP contribution < -0.4 is 15.7 Å². The number of aryl methyl sites for hydroxylation is 1. The van der Waals surface area contributed by atoms with Crippen molar-refractivity contribution in [3.63, 3.8) is 0 Å². The largest absolute Gasteiger partial charge is 0.497 e. The van der Waals surface area contributed by atoms with E-state index in [0.717, 1.165) is 30.0 Å². The fourth-order valence-corrected chi connectivity index (χ4v) is 2.86. The van der Waals surface area contributed by atoms with Gasteiger partial charge in [-0.2, -0.15) is 5.10 Å². The van der Waals surface area contributed by atoms with Gasteiger partial charge in [0, 0.05) is 19.0 Å². The Hall–Kier alpha value is -2.57. The van der Waals surface area contributed by atoms with Crippen LogP contribution in [-0.2, 0) is 24.2 Å². The summed E-state index contributed by atoms with van der Waals surface area (Å²) in [6.45, 7) is 0.581. The van der Waals surface area contributed by atoms with Crippen molar-refractivity contribution < 1.29 is 9.53 Å². The summed E-state index contributed by atoms with van der Waals surface area (Å²) in [5.74, 6) is 1.54. The van der Waals surface area contributed by atoms with E-state index >= 15 is 0 Å². The molecule has 0 saturated heterocycles. The maximum Gasteiger partial charge on any atom is 0.343 e. The molecule has 0 bridgehead atoms. The molecule has 1 aromatic heterocycles. The number of nitrogens with zero attached hydrogens (tertiary/aromatic N) is 2. The van der Waals surface area contributed by atoms with Gasteiger partial charge >= 0.3 is 5.69 Å². The zero-order valence-corrected chi connectivity index (χ0v) is 13.0. The molecule has 122 valence electrons. The number of hydrogen-bond donors (Lipinski definition) is 2. The van der Waals surface area contributed by atoms with Crippen LogP contribution >= 0.6 is 0 Å². The Kier molecular flexibility index (Phi) is 4.45. The first-order valence-electron chi connectivity index (χ1n) is 7.72. The standard InChI is InChI=1S/C16H20N4O3/c1-23-13-5-2-11(3-6-13)10-15(21)17-12-4-7-14-18-19-16(22)20(14)9-8-12/h2-3,5-6,12H,4,7-10H2,1H3,(H,17,21)(H,19,22). The van der Waals surface area contributed by atoms with Crippen molar-refractivity contribution in [2.45, 2.75) is 38.3 Å². The third-order valence-electron chi connectivity index (χ3n) is 4.14. The Labute approximate surface area is 133 Å². The molecule has 1 aromatic carbocycles. The van der Waals surface area contributed by atoms with Crippen molar-refractivity contribution in [3.05, 3.63) is 46.1 Å². The van der Waals surface area contributed by atoms with Crippen molar-refractivity contribution in [3.8, 4) is 5.75 Å². The number of carbonyl (C=O) groups excluding carboxylic acids is 1. The normalized spacial score (nSPS) is 17.2. The van der Waals surface area contributed by atoms with E-state index in [2.05, 4.69) is 15.5 Å². The van der Waals surface area contributed by atoms with E-state index in [4.69, 9.17) is 4.74 Å². The molecular formula is C16H20N4O3. The van der Waals surface area contributed by atoms with Gasteiger partial charge in [-0.1, -0.05) is 12.1 Å². The lowest BCUT2D eigenvalue weighted by Crippen LogP contribution is -2.36. The van der Waals surface area contributed by atoms with Crippen molar-refractivity contribution in [1.82, 2.24) is 20.1 Å². The molecule has 23 heavy (non-hydrogen) atoms. The molecule has 7 nitrogen and oxygen atoms in total. The van der Waals surface area contributed by atoms with E-state index in [0.29, 0.717) is 19.4 Å². The monoisotopic (exact) mass is 316 g/mol. The number of methoxy groups -OCH3 is 1. The van der Waals surface area contributed by atoms with Crippen molar-refractivity contribution in [1.29, 1.82) is 0 Å². The third-order valence-corrected chi connectivity index (χ3v) is 4.14. The second kappa shape index (κ2) is 6.68. The Balaban J connectivity index is 1.55. The summed E-state index contributed by atoms with van der Waals surface area (Å²) >= 11 is 0. The number of benzene rings is 1. The maximum atomic E-state index is 12.2. The lowest BCUT2D eigenvalue weighted by atomic mass is 10.1. The van der Waals surface area contributed by atoms with E-state index in [-0.39, 0.29) is 17.6 Å². The molecule has 1 amide bonds. The molecule has 1 aliphatic rings. The van der Waals surface area contributed by atoms with Gasteiger partial charge in [-0.15, -0.1) is 0 Å². The number of ether oxygens (including phenoxy) is 1. The van der Waals surface area contributed by atoms with Gasteiger partial charge < -0.3 is 10.1 Å². The number of hydrogen-bond acceptors (Lipinski definition) is 4. The van der Waals surface area contributed by atoms with Gasteiger partial charge in [-0.3, -0.25) is 9.36 Å². The highest BCUT2D eigenvalue weighted by Crippen LogP contribution is 2.13. The number of fused-ring (bicyclic) bond motifs is 1. The minimum Gasteiger partial charge on any atom is -0.497 e. The maximum absolute atomic E-state index is 12.2. The van der Waals surface area contributed by atoms with E-state index in [9.17, 15) is 9.59 Å². The summed E-state index contributed by atoms with van der Waals surface area (Å²) in [6.07, 6.45) is 2.55. The second-order valence-corrected chi connectivity index (χ2v) is 5.71. The smallest absolute Gasteiger partial charge is 0.343 e. The topological polar surface area (TPSA) is 89.0 Å². The summed E-state index contributed by atoms with van der Waals surface area (Å²) in [5.41, 5.74) is 0.770. The molecule has 0 aliphatic carbocycles. The number of aromatic amines is 1. The van der Waals surface area contributed by atoms with Crippen LogP contribution in [0.5, 0.6) is 5.75 Å². The van der Waals surface area contributed by atoms with E-state index in [1.807, 2.05) is 24.3 Å². The highest BCUT2D eigenvalue weighted by Gasteiger charge is 2.20. The fourth-order valence-electron chi connectivity index (χ4n) is 2.86. The van der Waals surface area contributed by atoms with Gasteiger partial charge in [-0.25, -0.2) is 9.89 Å². The van der Waals surface area contributed by atoms with E-state index < -0.39 is 0 Å². The summed E-state index contributed by atoms with van der Waals surface area (Å²) in [4.78, 5) is 23.8. The van der Waals surface area contributed by atoms with E-state index in [1.165, 1.54) is 0 Å². The summed E-state index contributed by atoms with van der Waals surface area (Å²) in [7, 11) is 1.61. The predicted octanol–water partition coefficient (Wildman–Crippen LogP) is 0.644. The molecule has 2 aromatic rings. The van der Waals surface area contributed by atoms with Crippen molar-refractivity contribution in [2.24, 2.45) is 0 Å². The Morgan fingerprint density at radius 2 is 2.17 bits per heavy atom. The fraction of sp³-hybridized carbons (Fsp3) is 0.438. The SMILES string of the molecule is COc1ccc(CC(=O)NC2CCc3n[nH]c(=O)n3CC2)cc1. The zero-order chi connectivity index (χ0) is 16.2. The molecular weight excluding hydrogens is 296 g/mol. The molecule has 0 saturated carbocycles. The van der Waals surface area contributed by atoms with Gasteiger partial charge in [-0.05, 0) is 30.5 Å². The number of rotatable bonds is 4. The minimum atomic E-state index is -0.176. The molecule has 0 spiro atoms. The number of aromatic nitrogens is 3. The first-order valence-corrected chi connectivity index (χ1v) is 7.72. The van der Waals surface area contributed by atoms with Gasteiger partial charge in [0.05, 0.1) is 13.5 Å². The van der Waals surface area contributed by atoms with Gasteiger partial charge in [0.15, 0.2) is 0 Å². The summed E-state index contributed by atoms with van der Waals surface area (Å²) in [5, 5.41) is 9.54. The zero-order valence-electron chi connectivity index (χ0n) is 13.0. The van der Waals surface area contributed by atoms with Crippen molar-refractivity contribution in [2.75, 3.05) is 7.11 Å². The van der Waals surface area contributed by atoms with Gasteiger partial charge in [0.2, 0.25) is 5.91 Å². The Morgan fingerprint density at radius 3 is 2.91 bits per heavy atom. The van der Waals surface area contributed by atoms with Crippen LogP contribution in [0.25, 0.3) is 0 Å². The molecule has 3 rings (SSSR count). The molecule has 1 aliphatic heterocycles. The molecule has 1 atom stereocenters. The van der Waals surface area contributed by atoms with Crippen LogP contribution in [0.3, 0.4) is 0 Å². The van der Waals surface area contributed by atoms with Crippen LogP contribution in [0, 0.1) is 0 Å². The number of nitrogens with one attached hydrogen (secondary N) is 2. The molecule has 2 heterocycles. The highest BCUT2D eigenvalue weighted by molar-refractivity contribution is 5.78. The number of amides is 1. The first-order chi connectivity index (χ1) is 11.2. The first kappa shape index (κ1) is 15.3. The minimum absolute atomic E-state index is 0.00591. The van der Waals surface area contributed by atoms with E-state index in [1.54, 1.807) is 11.7 Å². The number of H-pyrrole nitrogens is 1. The van der Waals surface area contributed by atoms with Crippen LogP contribution in [0.2, 0.25) is 0 Å². The lowest BCUT2D eigenvalue weighted by molar-refractivity contribution is -0.121. The Bertz CT molecular complexity index is 733. The molecule has 2 N–H and O–H groups in total. The van der Waals surface area contributed by atoms with Crippen LogP contribution in [0.4, 0.5) is 0 Å². The summed E-state index contributed by atoms with van der Waals surface area (Å²) in [6, 6.07) is 7.54. The molecule has 0 radical (unpaired) electrons.